The van der Waals surface area contributed by atoms with Crippen molar-refractivity contribution < 1.29 is 14.3 Å². The molecular weight excluding hydrogens is 427 g/mol. The summed E-state index contributed by atoms with van der Waals surface area (Å²) in [5.74, 6) is 1.38. The lowest BCUT2D eigenvalue weighted by Gasteiger charge is -2.09. The van der Waals surface area contributed by atoms with Crippen molar-refractivity contribution in [2.75, 3.05) is 19.5 Å². The van der Waals surface area contributed by atoms with Gasteiger partial charge < -0.3 is 20.1 Å². The number of aryl methyl sites for hydroxylation is 2. The van der Waals surface area contributed by atoms with Gasteiger partial charge in [-0.25, -0.2) is 4.79 Å². The second-order valence-electron chi connectivity index (χ2n) is 6.49. The van der Waals surface area contributed by atoms with Crippen molar-refractivity contribution in [2.45, 2.75) is 19.5 Å². The highest BCUT2D eigenvalue weighted by Gasteiger charge is 2.07. The first kappa shape index (κ1) is 21.8. The summed E-state index contributed by atoms with van der Waals surface area (Å²) in [7, 11) is 3.22. The summed E-state index contributed by atoms with van der Waals surface area (Å²) in [6.45, 7) is 0.984. The van der Waals surface area contributed by atoms with E-state index in [2.05, 4.69) is 15.7 Å². The Labute approximate surface area is 184 Å². The molecule has 3 rings (SSSR count). The maximum absolute atomic E-state index is 12.1. The average Bonchev–Trinajstić information content (AvgIpc) is 3.20. The van der Waals surface area contributed by atoms with E-state index in [-0.39, 0.29) is 6.03 Å². The molecule has 0 unspecified atom stereocenters. The SMILES string of the molecule is COc1ccc(CCn2cc(NC(=O)NCc3ccc(Cl)c(Cl)c3)cn2)cc1OC. The summed E-state index contributed by atoms with van der Waals surface area (Å²) in [5.41, 5.74) is 2.55. The maximum Gasteiger partial charge on any atom is 0.319 e. The molecule has 0 bridgehead atoms. The number of hydrogen-bond donors (Lipinski definition) is 2. The lowest BCUT2D eigenvalue weighted by atomic mass is 10.1. The number of benzene rings is 2. The minimum absolute atomic E-state index is 0.330. The first-order valence-electron chi connectivity index (χ1n) is 9.20. The summed E-state index contributed by atoms with van der Waals surface area (Å²) >= 11 is 11.9. The Morgan fingerprint density at radius 1 is 1.03 bits per heavy atom. The number of methoxy groups -OCH3 is 2. The van der Waals surface area contributed by atoms with Crippen LogP contribution in [-0.4, -0.2) is 30.0 Å². The molecule has 9 heteroatoms. The fourth-order valence-electron chi connectivity index (χ4n) is 2.84. The highest BCUT2D eigenvalue weighted by atomic mass is 35.5. The summed E-state index contributed by atoms with van der Waals surface area (Å²) in [6, 6.07) is 10.7. The van der Waals surface area contributed by atoms with E-state index in [9.17, 15) is 4.79 Å². The Morgan fingerprint density at radius 3 is 2.53 bits per heavy atom. The number of ether oxygens (including phenoxy) is 2. The molecule has 2 N–H and O–H groups in total. The van der Waals surface area contributed by atoms with E-state index in [1.807, 2.05) is 18.2 Å². The van der Waals surface area contributed by atoms with E-state index in [1.165, 1.54) is 0 Å². The van der Waals surface area contributed by atoms with E-state index in [1.54, 1.807) is 49.5 Å². The third-order valence-electron chi connectivity index (χ3n) is 4.41. The average molecular weight is 449 g/mol. The third-order valence-corrected chi connectivity index (χ3v) is 5.14. The molecule has 0 aliphatic heterocycles. The van der Waals surface area contributed by atoms with E-state index in [0.717, 1.165) is 17.5 Å². The van der Waals surface area contributed by atoms with Crippen LogP contribution < -0.4 is 20.1 Å². The molecule has 7 nitrogen and oxygen atoms in total. The van der Waals surface area contributed by atoms with Crippen LogP contribution in [0.25, 0.3) is 0 Å². The van der Waals surface area contributed by atoms with Crippen molar-refractivity contribution >= 4 is 34.9 Å². The second-order valence-corrected chi connectivity index (χ2v) is 7.30. The van der Waals surface area contributed by atoms with Gasteiger partial charge in [-0.05, 0) is 41.8 Å². The fraction of sp³-hybridized carbons (Fsp3) is 0.238. The van der Waals surface area contributed by atoms with Crippen molar-refractivity contribution in [3.63, 3.8) is 0 Å². The quantitative estimate of drug-likeness (QED) is 0.520. The number of urea groups is 1. The van der Waals surface area contributed by atoms with Gasteiger partial charge in [0.05, 0.1) is 36.1 Å². The van der Waals surface area contributed by atoms with Crippen molar-refractivity contribution in [3.05, 3.63) is 70.0 Å². The number of amides is 2. The second kappa shape index (κ2) is 10.2. The van der Waals surface area contributed by atoms with Gasteiger partial charge in [0, 0.05) is 19.3 Å². The molecule has 2 aromatic carbocycles. The van der Waals surface area contributed by atoms with Crippen LogP contribution in [0.4, 0.5) is 10.5 Å². The van der Waals surface area contributed by atoms with Gasteiger partial charge in [-0.1, -0.05) is 35.3 Å². The Kier molecular flexibility index (Phi) is 7.43. The minimum atomic E-state index is -0.333. The Hall–Kier alpha value is -2.90. The number of aromatic nitrogens is 2. The number of carbonyl (C=O) groups is 1. The number of halogens is 2. The van der Waals surface area contributed by atoms with Crippen molar-refractivity contribution in [3.8, 4) is 11.5 Å². The van der Waals surface area contributed by atoms with Gasteiger partial charge in [-0.3, -0.25) is 4.68 Å². The van der Waals surface area contributed by atoms with Crippen LogP contribution in [0, 0.1) is 0 Å². The van der Waals surface area contributed by atoms with Crippen LogP contribution in [-0.2, 0) is 19.5 Å². The number of hydrogen-bond acceptors (Lipinski definition) is 4. The summed E-state index contributed by atoms with van der Waals surface area (Å²) in [6.07, 6.45) is 4.14. The molecule has 0 saturated carbocycles. The number of nitrogens with zero attached hydrogens (tertiary/aromatic N) is 2. The van der Waals surface area contributed by atoms with Crippen LogP contribution in [0.2, 0.25) is 10.0 Å². The highest BCUT2D eigenvalue weighted by molar-refractivity contribution is 6.42. The molecule has 30 heavy (non-hydrogen) atoms. The number of carbonyl (C=O) groups excluding carboxylic acids is 1. The zero-order valence-electron chi connectivity index (χ0n) is 16.6. The normalized spacial score (nSPS) is 10.5. The molecular formula is C21H22Cl2N4O3. The monoisotopic (exact) mass is 448 g/mol. The summed E-state index contributed by atoms with van der Waals surface area (Å²) < 4.78 is 12.3. The van der Waals surface area contributed by atoms with Gasteiger partial charge >= 0.3 is 6.03 Å². The zero-order chi connectivity index (χ0) is 21.5. The predicted molar refractivity (Wildman–Crippen MR) is 118 cm³/mol. The first-order valence-corrected chi connectivity index (χ1v) is 9.96. The van der Waals surface area contributed by atoms with Crippen LogP contribution in [0.3, 0.4) is 0 Å². The lowest BCUT2D eigenvalue weighted by molar-refractivity contribution is 0.251. The standard InChI is InChI=1S/C21H22Cl2N4O3/c1-29-19-6-4-14(10-20(19)30-2)7-8-27-13-16(12-25-27)26-21(28)24-11-15-3-5-17(22)18(23)9-15/h3-6,9-10,12-13H,7-8,11H2,1-2H3,(H2,24,26,28). The molecule has 3 aromatic rings. The van der Waals surface area contributed by atoms with Crippen LogP contribution in [0.15, 0.2) is 48.8 Å². The zero-order valence-corrected chi connectivity index (χ0v) is 18.1. The van der Waals surface area contributed by atoms with Crippen LogP contribution in [0.5, 0.6) is 11.5 Å². The van der Waals surface area contributed by atoms with Gasteiger partial charge in [0.25, 0.3) is 0 Å². The predicted octanol–water partition coefficient (Wildman–Crippen LogP) is 4.77. The lowest BCUT2D eigenvalue weighted by Crippen LogP contribution is -2.28. The molecule has 0 saturated heterocycles. The molecule has 0 aliphatic carbocycles. The summed E-state index contributed by atoms with van der Waals surface area (Å²) in [5, 5.41) is 10.7. The smallest absolute Gasteiger partial charge is 0.319 e. The van der Waals surface area contributed by atoms with Crippen molar-refractivity contribution in [2.24, 2.45) is 0 Å². The molecule has 0 aliphatic rings. The highest BCUT2D eigenvalue weighted by Crippen LogP contribution is 2.27. The maximum atomic E-state index is 12.1. The Balaban J connectivity index is 1.49. The van der Waals surface area contributed by atoms with Gasteiger partial charge in [0.2, 0.25) is 0 Å². The number of nitrogens with one attached hydrogen (secondary N) is 2. The third kappa shape index (κ3) is 5.81. The first-order chi connectivity index (χ1) is 14.5. The Bertz CT molecular complexity index is 1020. The Morgan fingerprint density at radius 2 is 1.80 bits per heavy atom. The topological polar surface area (TPSA) is 77.4 Å². The van der Waals surface area contributed by atoms with Crippen molar-refractivity contribution in [1.82, 2.24) is 15.1 Å². The van der Waals surface area contributed by atoms with Crippen LogP contribution in [0.1, 0.15) is 11.1 Å². The number of rotatable bonds is 8. The van der Waals surface area contributed by atoms with Crippen LogP contribution >= 0.6 is 23.2 Å². The van der Waals surface area contributed by atoms with E-state index < -0.39 is 0 Å². The van der Waals surface area contributed by atoms with E-state index in [0.29, 0.717) is 40.3 Å². The number of anilines is 1. The summed E-state index contributed by atoms with van der Waals surface area (Å²) in [4.78, 5) is 12.1. The fourth-order valence-corrected chi connectivity index (χ4v) is 3.16. The largest absolute Gasteiger partial charge is 0.493 e. The minimum Gasteiger partial charge on any atom is -0.493 e. The molecule has 0 spiro atoms. The molecule has 0 fully saturated rings. The molecule has 0 atom stereocenters. The van der Waals surface area contributed by atoms with E-state index >= 15 is 0 Å². The molecule has 0 radical (unpaired) electrons. The molecule has 1 aromatic heterocycles. The van der Waals surface area contributed by atoms with Gasteiger partial charge in [-0.2, -0.15) is 5.10 Å². The van der Waals surface area contributed by atoms with E-state index in [4.69, 9.17) is 32.7 Å². The molecule has 158 valence electrons. The molecule has 2 amide bonds. The van der Waals surface area contributed by atoms with Gasteiger partial charge in [0.1, 0.15) is 0 Å². The van der Waals surface area contributed by atoms with Gasteiger partial charge in [-0.15, -0.1) is 0 Å². The van der Waals surface area contributed by atoms with Crippen molar-refractivity contribution in [1.29, 1.82) is 0 Å². The molecule has 1 heterocycles. The van der Waals surface area contributed by atoms with Gasteiger partial charge in [0.15, 0.2) is 11.5 Å².